The van der Waals surface area contributed by atoms with E-state index in [4.69, 9.17) is 14.2 Å². The molecule has 0 spiro atoms. The molecule has 1 aliphatic rings. The molecule has 0 radical (unpaired) electrons. The summed E-state index contributed by atoms with van der Waals surface area (Å²) in [6.07, 6.45) is 56.8. The van der Waals surface area contributed by atoms with Crippen molar-refractivity contribution in [3.05, 3.63) is 36.5 Å². The van der Waals surface area contributed by atoms with Crippen molar-refractivity contribution in [2.75, 3.05) is 19.8 Å². The van der Waals surface area contributed by atoms with E-state index in [9.17, 15) is 35.1 Å². The molecule has 75 heavy (non-hydrogen) atoms. The normalized spacial score (nSPS) is 18.9. The van der Waals surface area contributed by atoms with Crippen LogP contribution in [0.3, 0.4) is 0 Å². The van der Waals surface area contributed by atoms with E-state index in [0.29, 0.717) is 19.4 Å². The minimum Gasteiger partial charge on any atom is -0.466 e. The number of rotatable bonds is 55. The van der Waals surface area contributed by atoms with E-state index < -0.39 is 49.5 Å². The summed E-state index contributed by atoms with van der Waals surface area (Å²) in [5.41, 5.74) is 0. The lowest BCUT2D eigenvalue weighted by Crippen LogP contribution is -2.60. The Balaban J connectivity index is 2.04. The zero-order chi connectivity index (χ0) is 54.5. The molecule has 0 aliphatic carbocycles. The summed E-state index contributed by atoms with van der Waals surface area (Å²) >= 11 is 0. The van der Waals surface area contributed by atoms with Crippen molar-refractivity contribution in [3.8, 4) is 0 Å². The van der Waals surface area contributed by atoms with Crippen molar-refractivity contribution in [3.63, 3.8) is 0 Å². The Bertz CT molecular complexity index is 1340. The van der Waals surface area contributed by atoms with E-state index in [1.54, 1.807) is 6.08 Å². The van der Waals surface area contributed by atoms with Gasteiger partial charge in [0, 0.05) is 12.8 Å². The van der Waals surface area contributed by atoms with Crippen molar-refractivity contribution in [2.24, 2.45) is 0 Å². The lowest BCUT2D eigenvalue weighted by atomic mass is 9.99. The number of hydrogen-bond donors (Lipinski definition) is 6. The third-order valence-electron chi connectivity index (χ3n) is 15.0. The molecule has 11 nitrogen and oxygen atoms in total. The Morgan fingerprint density at radius 1 is 0.480 bits per heavy atom. The number of nitrogens with one attached hydrogen (secondary N) is 1. The highest BCUT2D eigenvalue weighted by Crippen LogP contribution is 2.23. The molecule has 0 saturated carbocycles. The van der Waals surface area contributed by atoms with Crippen LogP contribution in [0.25, 0.3) is 0 Å². The van der Waals surface area contributed by atoms with E-state index in [1.165, 1.54) is 199 Å². The van der Waals surface area contributed by atoms with Gasteiger partial charge in [-0.3, -0.25) is 9.59 Å². The van der Waals surface area contributed by atoms with E-state index in [-0.39, 0.29) is 18.5 Å². The summed E-state index contributed by atoms with van der Waals surface area (Å²) in [5, 5.41) is 54.3. The summed E-state index contributed by atoms with van der Waals surface area (Å²) in [4.78, 5) is 25.0. The Labute approximate surface area is 460 Å². The molecule has 0 aromatic rings. The third-order valence-corrected chi connectivity index (χ3v) is 15.0. The van der Waals surface area contributed by atoms with Gasteiger partial charge in [0.15, 0.2) is 6.29 Å². The van der Waals surface area contributed by atoms with E-state index in [1.807, 2.05) is 6.08 Å². The molecule has 6 N–H and O–H groups in total. The molecule has 0 aromatic carbocycles. The zero-order valence-corrected chi connectivity index (χ0v) is 48.5. The van der Waals surface area contributed by atoms with Gasteiger partial charge in [-0.25, -0.2) is 0 Å². The molecule has 0 aromatic heterocycles. The van der Waals surface area contributed by atoms with E-state index in [2.05, 4.69) is 43.5 Å². The van der Waals surface area contributed by atoms with Crippen LogP contribution in [0.2, 0.25) is 0 Å². The van der Waals surface area contributed by atoms with Gasteiger partial charge in [0.25, 0.3) is 0 Å². The van der Waals surface area contributed by atoms with Gasteiger partial charge in [-0.05, 0) is 70.6 Å². The molecule has 7 atom stereocenters. The first-order valence-electron chi connectivity index (χ1n) is 31.8. The van der Waals surface area contributed by atoms with E-state index >= 15 is 0 Å². The summed E-state index contributed by atoms with van der Waals surface area (Å²) in [6, 6.07) is -0.830. The first kappa shape index (κ1) is 70.9. The molecule has 11 heteroatoms. The van der Waals surface area contributed by atoms with Crippen LogP contribution in [0, 0.1) is 0 Å². The SMILES string of the molecule is CCCCCCCC/C=C/CC/C=C/C(O)C(COC1OC(CO)C(O)C(O)C1O)NC(=O)CCCCCCCCCC/C=C\CCCCCCCCCCCCCCOC(=O)CCCCCCCCCCCCC. The maximum Gasteiger partial charge on any atom is 0.305 e. The van der Waals surface area contributed by atoms with Crippen molar-refractivity contribution < 1.29 is 49.3 Å². The third kappa shape index (κ3) is 43.4. The predicted octanol–water partition coefficient (Wildman–Crippen LogP) is 15.1. The fraction of sp³-hybridized carbons (Fsp3) is 0.875. The maximum absolute atomic E-state index is 13.0. The summed E-state index contributed by atoms with van der Waals surface area (Å²) in [6.45, 7) is 4.32. The number of carbonyl (C=O) groups excluding carboxylic acids is 2. The van der Waals surface area contributed by atoms with Gasteiger partial charge in [0.2, 0.25) is 5.91 Å². The lowest BCUT2D eigenvalue weighted by Gasteiger charge is -2.40. The van der Waals surface area contributed by atoms with Gasteiger partial charge in [0.1, 0.15) is 24.4 Å². The monoisotopic (exact) mass is 1060 g/mol. The highest BCUT2D eigenvalue weighted by atomic mass is 16.7. The van der Waals surface area contributed by atoms with Crippen LogP contribution in [0.5, 0.6) is 0 Å². The van der Waals surface area contributed by atoms with Gasteiger partial charge in [-0.2, -0.15) is 0 Å². The van der Waals surface area contributed by atoms with Crippen LogP contribution >= 0.6 is 0 Å². The second kappa shape index (κ2) is 53.9. The van der Waals surface area contributed by atoms with Gasteiger partial charge in [-0.15, -0.1) is 0 Å². The predicted molar refractivity (Wildman–Crippen MR) is 311 cm³/mol. The fourth-order valence-electron chi connectivity index (χ4n) is 9.92. The molecule has 440 valence electrons. The van der Waals surface area contributed by atoms with Crippen LogP contribution in [-0.4, -0.2) is 100 Å². The first-order valence-corrected chi connectivity index (χ1v) is 31.8. The molecule has 1 amide bonds. The fourth-order valence-corrected chi connectivity index (χ4v) is 9.92. The molecule has 1 rings (SSSR count). The van der Waals surface area contributed by atoms with E-state index in [0.717, 1.165) is 70.6 Å². The molecule has 7 unspecified atom stereocenters. The van der Waals surface area contributed by atoms with Crippen molar-refractivity contribution in [2.45, 2.75) is 339 Å². The number of carbonyl (C=O) groups is 2. The van der Waals surface area contributed by atoms with Crippen molar-refractivity contribution in [1.29, 1.82) is 0 Å². The maximum atomic E-state index is 13.0. The number of aliphatic hydroxyl groups is 5. The number of esters is 1. The van der Waals surface area contributed by atoms with Gasteiger partial charge in [0.05, 0.1) is 32.0 Å². The van der Waals surface area contributed by atoms with Gasteiger partial charge < -0.3 is 45.1 Å². The highest BCUT2D eigenvalue weighted by Gasteiger charge is 2.44. The molecular formula is C64H119NO10. The minimum absolute atomic E-state index is 0.000608. The average molecular weight is 1060 g/mol. The standard InChI is InChI=1S/C64H119NO10/c1-3-5-7-9-11-13-15-31-34-38-42-46-50-57(67)56(55-74-64-63(72)62(71)61(70)58(54-66)75-64)65-59(68)51-47-43-39-35-32-28-26-24-22-20-18-16-17-19-21-23-25-27-29-33-37-41-45-49-53-73-60(69)52-48-44-40-36-30-14-12-10-8-6-4-2/h18,20,31,34,46,50,56-58,61-64,66-67,70-72H,3-17,19,21-30,32-33,35-45,47-49,51-55H2,1-2H3,(H,65,68)/b20-18-,34-31+,50-46+. The molecule has 0 bridgehead atoms. The van der Waals surface area contributed by atoms with Gasteiger partial charge in [-0.1, -0.05) is 249 Å². The molecule has 1 saturated heterocycles. The van der Waals surface area contributed by atoms with Crippen LogP contribution in [-0.2, 0) is 23.8 Å². The summed E-state index contributed by atoms with van der Waals surface area (Å²) in [7, 11) is 0. The number of allylic oxidation sites excluding steroid dienone is 5. The number of aliphatic hydroxyl groups excluding tert-OH is 5. The van der Waals surface area contributed by atoms with Crippen LogP contribution in [0.15, 0.2) is 36.5 Å². The second-order valence-corrected chi connectivity index (χ2v) is 22.1. The lowest BCUT2D eigenvalue weighted by molar-refractivity contribution is -0.302. The Hall–Kier alpha value is -2.12. The molecular weight excluding hydrogens is 943 g/mol. The largest absolute Gasteiger partial charge is 0.466 e. The number of amides is 1. The Morgan fingerprint density at radius 2 is 0.867 bits per heavy atom. The minimum atomic E-state index is -1.58. The number of hydrogen-bond acceptors (Lipinski definition) is 10. The molecule has 1 fully saturated rings. The quantitative estimate of drug-likeness (QED) is 0.0195. The smallest absolute Gasteiger partial charge is 0.305 e. The number of unbranched alkanes of at least 4 members (excludes halogenated alkanes) is 37. The average Bonchev–Trinajstić information content (AvgIpc) is 3.41. The van der Waals surface area contributed by atoms with Crippen LogP contribution in [0.4, 0.5) is 0 Å². The van der Waals surface area contributed by atoms with Crippen molar-refractivity contribution in [1.82, 2.24) is 5.32 Å². The Morgan fingerprint density at radius 3 is 1.32 bits per heavy atom. The zero-order valence-electron chi connectivity index (χ0n) is 48.5. The molecule has 1 aliphatic heterocycles. The van der Waals surface area contributed by atoms with Crippen molar-refractivity contribution >= 4 is 11.9 Å². The first-order chi connectivity index (χ1) is 36.7. The topological polar surface area (TPSA) is 175 Å². The number of ether oxygens (including phenoxy) is 3. The second-order valence-electron chi connectivity index (χ2n) is 22.1. The highest BCUT2D eigenvalue weighted by molar-refractivity contribution is 5.76. The molecule has 1 heterocycles. The van der Waals surface area contributed by atoms with Crippen LogP contribution in [0.1, 0.15) is 296 Å². The van der Waals surface area contributed by atoms with Crippen LogP contribution < -0.4 is 5.32 Å². The summed E-state index contributed by atoms with van der Waals surface area (Å²) < 4.78 is 16.7. The Kier molecular flexibility index (Phi) is 50.9. The van der Waals surface area contributed by atoms with Gasteiger partial charge >= 0.3 is 5.97 Å². The summed E-state index contributed by atoms with van der Waals surface area (Å²) in [5.74, 6) is -0.196.